The van der Waals surface area contributed by atoms with E-state index in [1.165, 1.54) is 0 Å². The minimum Gasteiger partial charge on any atom is -0.469 e. The summed E-state index contributed by atoms with van der Waals surface area (Å²) < 4.78 is 5.18. The molecule has 0 aliphatic rings. The molecule has 3 heteroatoms. The van der Waals surface area contributed by atoms with E-state index in [0.717, 1.165) is 16.5 Å². The van der Waals surface area contributed by atoms with Crippen molar-refractivity contribution >= 4 is 16.7 Å². The minimum atomic E-state index is 0.0719. The van der Waals surface area contributed by atoms with Gasteiger partial charge in [-0.25, -0.2) is 0 Å². The van der Waals surface area contributed by atoms with Crippen molar-refractivity contribution in [3.63, 3.8) is 0 Å². The van der Waals surface area contributed by atoms with Gasteiger partial charge >= 0.3 is 0 Å². The molecule has 0 bridgehead atoms. The van der Waals surface area contributed by atoms with Crippen molar-refractivity contribution in [3.8, 4) is 0 Å². The van der Waals surface area contributed by atoms with E-state index in [4.69, 9.17) is 4.42 Å². The lowest BCUT2D eigenvalue weighted by Gasteiger charge is -2.04. The van der Waals surface area contributed by atoms with Crippen LogP contribution < -0.4 is 0 Å². The number of benzene rings is 1. The Kier molecular flexibility index (Phi) is 2.88. The van der Waals surface area contributed by atoms with E-state index >= 15 is 0 Å². The number of hydrogen-bond donors (Lipinski definition) is 0. The van der Waals surface area contributed by atoms with Gasteiger partial charge < -0.3 is 4.42 Å². The highest BCUT2D eigenvalue weighted by molar-refractivity contribution is 6.00. The van der Waals surface area contributed by atoms with Crippen LogP contribution in [0.1, 0.15) is 21.7 Å². The molecule has 3 rings (SSSR count). The number of aromatic nitrogens is 1. The number of furan rings is 1. The van der Waals surface area contributed by atoms with E-state index < -0.39 is 0 Å². The third-order valence-corrected chi connectivity index (χ3v) is 3.25. The quantitative estimate of drug-likeness (QED) is 0.668. The topological polar surface area (TPSA) is 43.1 Å². The first kappa shape index (κ1) is 11.7. The molecule has 0 aliphatic heterocycles. The second kappa shape index (κ2) is 4.69. The lowest BCUT2D eigenvalue weighted by molar-refractivity contribution is 0.0992. The Labute approximate surface area is 110 Å². The van der Waals surface area contributed by atoms with Gasteiger partial charge in [-0.15, -0.1) is 0 Å². The number of fused-ring (bicyclic) bond motifs is 1. The van der Waals surface area contributed by atoms with Gasteiger partial charge in [0.15, 0.2) is 5.78 Å². The van der Waals surface area contributed by atoms with E-state index in [0.29, 0.717) is 17.7 Å². The van der Waals surface area contributed by atoms with Crippen LogP contribution in [-0.2, 0) is 6.42 Å². The van der Waals surface area contributed by atoms with Crippen molar-refractivity contribution in [2.24, 2.45) is 0 Å². The van der Waals surface area contributed by atoms with Gasteiger partial charge in [0.25, 0.3) is 0 Å². The lowest BCUT2D eigenvalue weighted by atomic mass is 10.0. The Balaban J connectivity index is 1.98. The highest BCUT2D eigenvalue weighted by Crippen LogP contribution is 2.19. The maximum absolute atomic E-state index is 12.3. The Morgan fingerprint density at radius 2 is 2.05 bits per heavy atom. The average Bonchev–Trinajstić information content (AvgIpc) is 2.85. The molecule has 0 unspecified atom stereocenters. The molecule has 0 atom stereocenters. The predicted octanol–water partition coefficient (Wildman–Crippen LogP) is 3.56. The molecule has 0 aliphatic carbocycles. The van der Waals surface area contributed by atoms with Crippen LogP contribution in [0.2, 0.25) is 0 Å². The van der Waals surface area contributed by atoms with Crippen molar-refractivity contribution < 1.29 is 9.21 Å². The molecular weight excluding hydrogens is 238 g/mol. The van der Waals surface area contributed by atoms with Crippen molar-refractivity contribution in [1.29, 1.82) is 0 Å². The summed E-state index contributed by atoms with van der Waals surface area (Å²) in [5.74, 6) is 0.742. The first-order valence-corrected chi connectivity index (χ1v) is 6.15. The van der Waals surface area contributed by atoms with Gasteiger partial charge in [-0.1, -0.05) is 18.2 Å². The molecule has 3 aromatic rings. The van der Waals surface area contributed by atoms with Gasteiger partial charge in [0, 0.05) is 18.0 Å². The third kappa shape index (κ3) is 2.15. The van der Waals surface area contributed by atoms with E-state index in [1.54, 1.807) is 25.5 Å². The molecule has 0 N–H and O–H groups in total. The van der Waals surface area contributed by atoms with E-state index in [9.17, 15) is 4.79 Å². The molecule has 0 fully saturated rings. The largest absolute Gasteiger partial charge is 0.469 e. The second-order valence-electron chi connectivity index (χ2n) is 4.48. The normalized spacial score (nSPS) is 10.8. The number of carbonyl (C=O) groups excluding carboxylic acids is 1. The molecule has 19 heavy (non-hydrogen) atoms. The Morgan fingerprint density at radius 3 is 2.84 bits per heavy atom. The summed E-state index contributed by atoms with van der Waals surface area (Å²) in [7, 11) is 0. The van der Waals surface area contributed by atoms with Crippen molar-refractivity contribution in [2.45, 2.75) is 13.3 Å². The fraction of sp³-hybridized carbons (Fsp3) is 0.125. The highest BCUT2D eigenvalue weighted by atomic mass is 16.3. The number of nitrogens with zero attached hydrogens (tertiary/aromatic N) is 1. The number of pyridine rings is 1. The maximum atomic E-state index is 12.3. The van der Waals surface area contributed by atoms with Crippen LogP contribution in [-0.4, -0.2) is 10.8 Å². The van der Waals surface area contributed by atoms with E-state index in [-0.39, 0.29) is 5.78 Å². The summed E-state index contributed by atoms with van der Waals surface area (Å²) in [5, 5.41) is 1.03. The van der Waals surface area contributed by atoms with Crippen molar-refractivity contribution in [3.05, 3.63) is 65.7 Å². The molecule has 1 aromatic carbocycles. The Morgan fingerprint density at radius 1 is 1.21 bits per heavy atom. The average molecular weight is 251 g/mol. The molecule has 0 saturated carbocycles. The van der Waals surface area contributed by atoms with Crippen molar-refractivity contribution in [1.82, 2.24) is 4.98 Å². The molecule has 0 radical (unpaired) electrons. The second-order valence-corrected chi connectivity index (χ2v) is 4.48. The molecule has 0 amide bonds. The molecule has 2 heterocycles. The molecular formula is C16H13NO2. The van der Waals surface area contributed by atoms with Gasteiger partial charge in [0.1, 0.15) is 5.76 Å². The Bertz CT molecular complexity index is 738. The monoisotopic (exact) mass is 251 g/mol. The fourth-order valence-corrected chi connectivity index (χ4v) is 2.25. The smallest absolute Gasteiger partial charge is 0.170 e. The number of rotatable bonds is 3. The molecule has 0 saturated heterocycles. The van der Waals surface area contributed by atoms with Crippen molar-refractivity contribution in [2.75, 3.05) is 0 Å². The standard InChI is InChI=1S/C16H13NO2/c1-11-13(7-9-19-11)16(18)10-12-6-8-17-15-5-3-2-4-14(12)15/h2-9H,10H2,1H3. The number of para-hydroxylation sites is 1. The molecule has 3 nitrogen and oxygen atoms in total. The van der Waals surface area contributed by atoms with Gasteiger partial charge in [-0.2, -0.15) is 0 Å². The minimum absolute atomic E-state index is 0.0719. The van der Waals surface area contributed by atoms with Crippen LogP contribution in [0.5, 0.6) is 0 Å². The summed E-state index contributed by atoms with van der Waals surface area (Å²) in [6, 6.07) is 11.5. The van der Waals surface area contributed by atoms with Crippen LogP contribution in [0.3, 0.4) is 0 Å². The van der Waals surface area contributed by atoms with Gasteiger partial charge in [-0.05, 0) is 30.7 Å². The first-order valence-electron chi connectivity index (χ1n) is 6.15. The summed E-state index contributed by atoms with van der Waals surface area (Å²) in [5.41, 5.74) is 2.56. The number of ketones is 1. The van der Waals surface area contributed by atoms with E-state index in [2.05, 4.69) is 4.98 Å². The summed E-state index contributed by atoms with van der Waals surface area (Å²) in [6.07, 6.45) is 3.66. The predicted molar refractivity (Wildman–Crippen MR) is 73.2 cm³/mol. The zero-order chi connectivity index (χ0) is 13.2. The zero-order valence-corrected chi connectivity index (χ0v) is 10.6. The number of hydrogen-bond acceptors (Lipinski definition) is 3. The van der Waals surface area contributed by atoms with E-state index in [1.807, 2.05) is 30.3 Å². The van der Waals surface area contributed by atoms with Crippen LogP contribution >= 0.6 is 0 Å². The zero-order valence-electron chi connectivity index (χ0n) is 10.6. The van der Waals surface area contributed by atoms with Crippen LogP contribution in [0, 0.1) is 6.92 Å². The van der Waals surface area contributed by atoms with Crippen LogP contribution in [0.4, 0.5) is 0 Å². The molecule has 94 valence electrons. The lowest BCUT2D eigenvalue weighted by Crippen LogP contribution is -2.04. The van der Waals surface area contributed by atoms with Gasteiger partial charge in [-0.3, -0.25) is 9.78 Å². The Hall–Kier alpha value is -2.42. The molecule has 0 spiro atoms. The summed E-state index contributed by atoms with van der Waals surface area (Å²) in [4.78, 5) is 16.6. The summed E-state index contributed by atoms with van der Waals surface area (Å²) in [6.45, 7) is 1.80. The maximum Gasteiger partial charge on any atom is 0.170 e. The van der Waals surface area contributed by atoms with Gasteiger partial charge in [0.2, 0.25) is 0 Å². The SMILES string of the molecule is Cc1occc1C(=O)Cc1ccnc2ccccc12. The van der Waals surface area contributed by atoms with Crippen LogP contribution in [0.25, 0.3) is 10.9 Å². The molecule has 2 aromatic heterocycles. The van der Waals surface area contributed by atoms with Gasteiger partial charge in [0.05, 0.1) is 17.3 Å². The number of aryl methyl sites for hydroxylation is 1. The number of carbonyl (C=O) groups is 1. The first-order chi connectivity index (χ1) is 9.25. The van der Waals surface area contributed by atoms with Crippen LogP contribution in [0.15, 0.2) is 53.3 Å². The number of Topliss-reactive ketones (excluding diaryl/α,β-unsaturated/α-hetero) is 1. The highest BCUT2D eigenvalue weighted by Gasteiger charge is 2.13. The fourth-order valence-electron chi connectivity index (χ4n) is 2.25. The third-order valence-electron chi connectivity index (χ3n) is 3.25. The summed E-state index contributed by atoms with van der Waals surface area (Å²) >= 11 is 0.